The van der Waals surface area contributed by atoms with Crippen molar-refractivity contribution < 1.29 is 27.1 Å². The number of hydrogen-bond acceptors (Lipinski definition) is 7. The van der Waals surface area contributed by atoms with E-state index in [9.17, 15) is 18.3 Å². The number of carbonyl (C=O) groups is 1. The van der Waals surface area contributed by atoms with Crippen molar-refractivity contribution >= 4 is 16.3 Å². The molecule has 2 N–H and O–H groups in total. The lowest BCUT2D eigenvalue weighted by Gasteiger charge is -2.32. The summed E-state index contributed by atoms with van der Waals surface area (Å²) in [4.78, 5) is 19.7. The molecule has 0 aliphatic carbocycles. The Bertz CT molecular complexity index is 1190. The van der Waals surface area contributed by atoms with E-state index < -0.39 is 16.1 Å². The molecule has 0 spiro atoms. The summed E-state index contributed by atoms with van der Waals surface area (Å²) in [5.41, 5.74) is 3.84. The molecule has 2 aliphatic rings. The largest absolute Gasteiger partial charge is 0.507 e. The predicted octanol–water partition coefficient (Wildman–Crippen LogP) is 2.60. The Morgan fingerprint density at radius 2 is 1.74 bits per heavy atom. The molecule has 1 fully saturated rings. The van der Waals surface area contributed by atoms with Crippen LogP contribution in [-0.4, -0.2) is 71.9 Å². The molecule has 0 unspecified atom stereocenters. The summed E-state index contributed by atoms with van der Waals surface area (Å²) < 4.78 is 36.0. The minimum Gasteiger partial charge on any atom is -0.507 e. The molecule has 9 nitrogen and oxygen atoms in total. The zero-order valence-corrected chi connectivity index (χ0v) is 20.5. The first-order valence-electron chi connectivity index (χ1n) is 11.3. The van der Waals surface area contributed by atoms with Crippen molar-refractivity contribution in [2.45, 2.75) is 39.4 Å². The van der Waals surface area contributed by atoms with E-state index in [4.69, 9.17) is 4.55 Å². The summed E-state index contributed by atoms with van der Waals surface area (Å²) in [5.74, 6) is -1.17. The van der Waals surface area contributed by atoms with Crippen LogP contribution in [0.4, 0.5) is 0 Å². The second-order valence-corrected chi connectivity index (χ2v) is 10.4. The molecule has 1 saturated heterocycles. The van der Waals surface area contributed by atoms with Gasteiger partial charge in [-0.1, -0.05) is 32.0 Å². The normalized spacial score (nSPS) is 17.3. The van der Waals surface area contributed by atoms with Crippen molar-refractivity contribution in [3.05, 3.63) is 58.1 Å². The van der Waals surface area contributed by atoms with E-state index >= 15 is 0 Å². The number of benzene rings is 2. The van der Waals surface area contributed by atoms with E-state index in [0.717, 1.165) is 49.9 Å². The molecular weight excluding hydrogens is 458 g/mol. The standard InChI is InChI=1S/C24H31N3O6S/c1-16(2)20-11-21(22(28)12-23(20)33-34(30,31)32)24(29)27-14-18-5-4-17(10-19(18)15-27)13-26-8-6-25(3)7-9-26/h4-5,10-12,16,28H,6-9,13-15H2,1-3H3,(H,30,31,32). The molecule has 1 amide bonds. The Morgan fingerprint density at radius 1 is 1.06 bits per heavy atom. The van der Waals surface area contributed by atoms with Crippen LogP contribution < -0.4 is 4.18 Å². The molecule has 4 rings (SSSR count). The van der Waals surface area contributed by atoms with Crippen molar-refractivity contribution in [1.29, 1.82) is 0 Å². The molecular formula is C24H31N3O6S. The average Bonchev–Trinajstić information content (AvgIpc) is 3.17. The lowest BCUT2D eigenvalue weighted by atomic mass is 9.98. The molecule has 2 aromatic carbocycles. The first-order valence-corrected chi connectivity index (χ1v) is 12.7. The van der Waals surface area contributed by atoms with Gasteiger partial charge in [0.15, 0.2) is 5.75 Å². The first-order chi connectivity index (χ1) is 16.0. The molecule has 0 saturated carbocycles. The molecule has 0 radical (unpaired) electrons. The van der Waals surface area contributed by atoms with Crippen LogP contribution in [0.2, 0.25) is 0 Å². The topological polar surface area (TPSA) is 111 Å². The third-order valence-electron chi connectivity index (χ3n) is 6.46. The maximum Gasteiger partial charge on any atom is 0.446 e. The molecule has 34 heavy (non-hydrogen) atoms. The molecule has 2 aromatic rings. The zero-order chi connectivity index (χ0) is 24.6. The molecule has 0 atom stereocenters. The Kier molecular flexibility index (Phi) is 6.86. The number of fused-ring (bicyclic) bond motifs is 1. The number of phenolic OH excluding ortho intramolecular Hbond substituents is 1. The highest BCUT2D eigenvalue weighted by Gasteiger charge is 2.28. The van der Waals surface area contributed by atoms with E-state index in [0.29, 0.717) is 18.7 Å². The van der Waals surface area contributed by atoms with E-state index in [2.05, 4.69) is 39.2 Å². The fourth-order valence-corrected chi connectivity index (χ4v) is 4.89. The number of piperazine rings is 1. The van der Waals surface area contributed by atoms with Crippen molar-refractivity contribution in [2.24, 2.45) is 0 Å². The number of rotatable bonds is 6. The highest BCUT2D eigenvalue weighted by Crippen LogP contribution is 2.36. The summed E-state index contributed by atoms with van der Waals surface area (Å²) in [6.07, 6.45) is 0. The number of nitrogens with zero attached hydrogens (tertiary/aromatic N) is 3. The van der Waals surface area contributed by atoms with Crippen LogP contribution in [0.3, 0.4) is 0 Å². The number of phenols is 1. The van der Waals surface area contributed by atoms with Crippen LogP contribution in [0.25, 0.3) is 0 Å². The number of aromatic hydroxyl groups is 1. The molecule has 0 bridgehead atoms. The summed E-state index contributed by atoms with van der Waals surface area (Å²) in [6.45, 7) is 9.53. The van der Waals surface area contributed by atoms with Crippen LogP contribution in [0.1, 0.15) is 52.4 Å². The van der Waals surface area contributed by atoms with Crippen LogP contribution in [0, 0.1) is 0 Å². The molecule has 10 heteroatoms. The van der Waals surface area contributed by atoms with Gasteiger partial charge in [0, 0.05) is 51.9 Å². The Balaban J connectivity index is 1.51. The summed E-state index contributed by atoms with van der Waals surface area (Å²) in [5, 5.41) is 10.5. The molecule has 184 valence electrons. The Morgan fingerprint density at radius 3 is 2.38 bits per heavy atom. The van der Waals surface area contributed by atoms with Crippen LogP contribution >= 0.6 is 0 Å². The number of amides is 1. The lowest BCUT2D eigenvalue weighted by molar-refractivity contribution is 0.0748. The minimum absolute atomic E-state index is 0.0665. The summed E-state index contributed by atoms with van der Waals surface area (Å²) >= 11 is 0. The van der Waals surface area contributed by atoms with E-state index in [1.165, 1.54) is 11.6 Å². The monoisotopic (exact) mass is 489 g/mol. The maximum atomic E-state index is 13.3. The summed E-state index contributed by atoms with van der Waals surface area (Å²) in [6, 6.07) is 8.83. The number of hydrogen-bond donors (Lipinski definition) is 2. The SMILES string of the molecule is CC(C)c1cc(C(=O)N2Cc3ccc(CN4CCN(C)CC4)cc3C2)c(O)cc1OS(=O)(=O)O. The fraction of sp³-hybridized carbons (Fsp3) is 0.458. The lowest BCUT2D eigenvalue weighted by Crippen LogP contribution is -2.43. The van der Waals surface area contributed by atoms with E-state index in [-0.39, 0.29) is 23.1 Å². The first kappa shape index (κ1) is 24.5. The van der Waals surface area contributed by atoms with Gasteiger partial charge >= 0.3 is 10.4 Å². The minimum atomic E-state index is -4.76. The third kappa shape index (κ3) is 5.52. The van der Waals surface area contributed by atoms with Crippen molar-refractivity contribution in [3.8, 4) is 11.5 Å². The molecule has 2 heterocycles. The van der Waals surface area contributed by atoms with Crippen molar-refractivity contribution in [2.75, 3.05) is 33.2 Å². The number of likely N-dealkylation sites (N-methyl/N-ethyl adjacent to an activating group) is 1. The number of carbonyl (C=O) groups excluding carboxylic acids is 1. The molecule has 2 aliphatic heterocycles. The molecule has 0 aromatic heterocycles. The van der Waals surface area contributed by atoms with Crippen LogP contribution in [0.15, 0.2) is 30.3 Å². The maximum absolute atomic E-state index is 13.3. The van der Waals surface area contributed by atoms with Gasteiger partial charge in [0.25, 0.3) is 5.91 Å². The van der Waals surface area contributed by atoms with Gasteiger partial charge in [-0.3, -0.25) is 14.2 Å². The third-order valence-corrected chi connectivity index (χ3v) is 6.85. The zero-order valence-electron chi connectivity index (χ0n) is 19.7. The van der Waals surface area contributed by atoms with Gasteiger partial charge in [0.05, 0.1) is 5.56 Å². The Hall–Kier alpha value is -2.66. The fourth-order valence-electron chi connectivity index (χ4n) is 4.52. The van der Waals surface area contributed by atoms with Crippen molar-refractivity contribution in [1.82, 2.24) is 14.7 Å². The van der Waals surface area contributed by atoms with Gasteiger partial charge < -0.3 is 19.1 Å². The van der Waals surface area contributed by atoms with E-state index in [1.54, 1.807) is 18.7 Å². The van der Waals surface area contributed by atoms with Gasteiger partial charge in [0.2, 0.25) is 0 Å². The second kappa shape index (κ2) is 9.53. The smallest absolute Gasteiger partial charge is 0.446 e. The van der Waals surface area contributed by atoms with Gasteiger partial charge in [0.1, 0.15) is 5.75 Å². The average molecular weight is 490 g/mol. The predicted molar refractivity (Wildman–Crippen MR) is 127 cm³/mol. The van der Waals surface area contributed by atoms with Gasteiger partial charge in [-0.05, 0) is 41.3 Å². The van der Waals surface area contributed by atoms with Gasteiger partial charge in [-0.25, -0.2) is 0 Å². The van der Waals surface area contributed by atoms with Gasteiger partial charge in [-0.2, -0.15) is 8.42 Å². The highest BCUT2D eigenvalue weighted by atomic mass is 32.3. The van der Waals surface area contributed by atoms with E-state index in [1.807, 2.05) is 0 Å². The summed E-state index contributed by atoms with van der Waals surface area (Å²) in [7, 11) is -2.63. The van der Waals surface area contributed by atoms with Crippen molar-refractivity contribution in [3.63, 3.8) is 0 Å². The second-order valence-electron chi connectivity index (χ2n) is 9.42. The van der Waals surface area contributed by atoms with Crippen LogP contribution in [-0.2, 0) is 30.0 Å². The van der Waals surface area contributed by atoms with Crippen LogP contribution in [0.5, 0.6) is 11.5 Å². The Labute approximate surface area is 200 Å². The highest BCUT2D eigenvalue weighted by molar-refractivity contribution is 7.81. The quantitative estimate of drug-likeness (QED) is 0.596. The van der Waals surface area contributed by atoms with Gasteiger partial charge in [-0.15, -0.1) is 0 Å².